The van der Waals surface area contributed by atoms with E-state index in [-0.39, 0.29) is 39.9 Å². The summed E-state index contributed by atoms with van der Waals surface area (Å²) in [6.07, 6.45) is -23.9. The molecule has 4 heterocycles. The maximum absolute atomic E-state index is 12.9. The molecule has 25 nitrogen and oxygen atoms in total. The number of hydrogen-bond donors (Lipinski definition) is 14. The van der Waals surface area contributed by atoms with Crippen LogP contribution < -0.4 is 9.47 Å². The van der Waals surface area contributed by atoms with Crippen LogP contribution in [-0.2, 0) is 42.7 Å². The number of esters is 2. The Kier molecular flexibility index (Phi) is 17.3. The van der Waals surface area contributed by atoms with E-state index in [4.69, 9.17) is 42.6 Å². The quantitative estimate of drug-likeness (QED) is 0.0365. The van der Waals surface area contributed by atoms with Crippen molar-refractivity contribution in [2.24, 2.45) is 0 Å². The number of phenolic OH excluding ortho intramolecular Hbond substituents is 5. The third-order valence-electron chi connectivity index (χ3n) is 12.5. The minimum absolute atomic E-state index is 0.0124. The monoisotopic (exact) mass is 1070 g/mol. The zero-order chi connectivity index (χ0) is 54.5. The van der Waals surface area contributed by atoms with Crippen LogP contribution in [0.15, 0.2) is 96.8 Å². The molecule has 4 aliphatic rings. The van der Waals surface area contributed by atoms with E-state index in [0.717, 1.165) is 36.4 Å². The summed E-state index contributed by atoms with van der Waals surface area (Å²) in [6, 6.07) is 17.2. The molecule has 8 rings (SSSR count). The highest BCUT2D eigenvalue weighted by Crippen LogP contribution is 2.47. The Labute approximate surface area is 430 Å². The SMILES string of the molecule is O=C(/C=C/c1ccc(O)cc1)OC[C@H]1O[C@@H](O[C@H]2[C@H](OC3=Cc4c(cc(O)cc4O[C@@H]4O[C@H](CO)[C@@H](O)[C@H](O)[C@H]4O)OC3c3ccc(O)c(O)c3)O[C@H](COC(=O)/C=C/c3ccc(O)cc3)[C@@H](O)[C@@H]2O)[C@H](O)[C@@H](O)[C@@H]1O. The highest BCUT2D eigenvalue weighted by atomic mass is 16.8. The summed E-state index contributed by atoms with van der Waals surface area (Å²) in [5.74, 6) is -4.45. The summed E-state index contributed by atoms with van der Waals surface area (Å²) >= 11 is 0. The number of aliphatic hydroxyl groups is 9. The van der Waals surface area contributed by atoms with Crippen molar-refractivity contribution in [3.63, 3.8) is 0 Å². The maximum atomic E-state index is 12.9. The van der Waals surface area contributed by atoms with Crippen molar-refractivity contribution in [2.75, 3.05) is 19.8 Å². The second kappa shape index (κ2) is 23.9. The first kappa shape index (κ1) is 55.2. The molecular weight excluding hydrogens is 1010 g/mol. The summed E-state index contributed by atoms with van der Waals surface area (Å²) in [4.78, 5) is 25.6. The van der Waals surface area contributed by atoms with Gasteiger partial charge in [0, 0.05) is 29.8 Å². The van der Waals surface area contributed by atoms with Crippen molar-refractivity contribution in [1.82, 2.24) is 0 Å². The highest BCUT2D eigenvalue weighted by molar-refractivity contribution is 5.87. The number of benzene rings is 4. The Bertz CT molecular complexity index is 2750. The van der Waals surface area contributed by atoms with Gasteiger partial charge in [-0.1, -0.05) is 30.3 Å². The van der Waals surface area contributed by atoms with Gasteiger partial charge < -0.3 is 114 Å². The van der Waals surface area contributed by atoms with E-state index in [9.17, 15) is 81.1 Å². The van der Waals surface area contributed by atoms with Crippen molar-refractivity contribution >= 4 is 30.2 Å². The van der Waals surface area contributed by atoms with Crippen LogP contribution in [0.4, 0.5) is 0 Å². The van der Waals surface area contributed by atoms with Crippen molar-refractivity contribution in [3.05, 3.63) is 119 Å². The van der Waals surface area contributed by atoms with Gasteiger partial charge in [-0.2, -0.15) is 0 Å². The first-order valence-electron chi connectivity index (χ1n) is 23.3. The van der Waals surface area contributed by atoms with Crippen LogP contribution in [-0.4, -0.2) is 195 Å². The minimum atomic E-state index is -2.13. The molecule has 1 unspecified atom stereocenters. The molecular formula is C51H54O25. The predicted octanol–water partition coefficient (Wildman–Crippen LogP) is -0.963. The lowest BCUT2D eigenvalue weighted by Crippen LogP contribution is -2.64. The summed E-state index contributed by atoms with van der Waals surface area (Å²) in [5.41, 5.74) is 0.963. The average molecular weight is 1070 g/mol. The van der Waals surface area contributed by atoms with Crippen LogP contribution in [0.5, 0.6) is 40.2 Å². The van der Waals surface area contributed by atoms with Gasteiger partial charge in [-0.25, -0.2) is 9.59 Å². The average Bonchev–Trinajstić information content (AvgIpc) is 3.40. The Hall–Kier alpha value is -7.08. The predicted molar refractivity (Wildman–Crippen MR) is 253 cm³/mol. The molecule has 4 aliphatic heterocycles. The minimum Gasteiger partial charge on any atom is -0.508 e. The highest BCUT2D eigenvalue weighted by Gasteiger charge is 2.53. The zero-order valence-corrected chi connectivity index (χ0v) is 39.5. The van der Waals surface area contributed by atoms with Gasteiger partial charge in [0.1, 0.15) is 115 Å². The van der Waals surface area contributed by atoms with E-state index in [0.29, 0.717) is 11.1 Å². The van der Waals surface area contributed by atoms with Crippen LogP contribution in [0.1, 0.15) is 28.4 Å². The molecule has 0 saturated carbocycles. The van der Waals surface area contributed by atoms with Crippen LogP contribution in [0.2, 0.25) is 0 Å². The lowest BCUT2D eigenvalue weighted by Gasteiger charge is -2.46. The third kappa shape index (κ3) is 12.6. The standard InChI is InChI=1S/C51H54O25/c52-19-34-39(60)42(63)45(66)49(73-34)71-32-17-27(55)16-31-28(32)18-33(47(70-31)24-7-12-29(56)30(57)15-24)72-51-48(44(65)41(62)36(75-51)21-69-38(59)14-6-23-3-10-26(54)11-4-23)76-50-46(67)43(64)40(61)35(74-50)20-68-37(58)13-5-22-1-8-25(53)9-2-22/h1-18,34-36,39-57,60-67H,19-21H2/b13-5+,14-6+/t34-,35-,36-,39-,40-,41-,42+,43+,44+,45-,46-,47?,48-,49-,50+,51-/m1/s1. The molecule has 3 fully saturated rings. The number of hydrogen-bond acceptors (Lipinski definition) is 25. The molecule has 25 heteroatoms. The van der Waals surface area contributed by atoms with Crippen LogP contribution in [0.3, 0.4) is 0 Å². The molecule has 0 aromatic heterocycles. The fourth-order valence-electron chi connectivity index (χ4n) is 8.31. The number of rotatable bonds is 16. The van der Waals surface area contributed by atoms with Crippen molar-refractivity contribution in [1.29, 1.82) is 0 Å². The first-order valence-corrected chi connectivity index (χ1v) is 23.3. The number of phenols is 5. The molecule has 3 saturated heterocycles. The Morgan fingerprint density at radius 2 is 1.05 bits per heavy atom. The van der Waals surface area contributed by atoms with E-state index >= 15 is 0 Å². The summed E-state index contributed by atoms with van der Waals surface area (Å²) in [7, 11) is 0. The molecule has 0 spiro atoms. The largest absolute Gasteiger partial charge is 0.508 e. The topological polar surface area (TPSA) is 400 Å². The number of aliphatic hydroxyl groups excluding tert-OH is 9. The van der Waals surface area contributed by atoms with Gasteiger partial charge in [0.2, 0.25) is 12.6 Å². The van der Waals surface area contributed by atoms with Crippen LogP contribution >= 0.6 is 0 Å². The van der Waals surface area contributed by atoms with Gasteiger partial charge in [-0.3, -0.25) is 0 Å². The summed E-state index contributed by atoms with van der Waals surface area (Å²) < 4.78 is 52.7. The second-order valence-corrected chi connectivity index (χ2v) is 17.8. The van der Waals surface area contributed by atoms with Gasteiger partial charge in [-0.05, 0) is 65.8 Å². The van der Waals surface area contributed by atoms with E-state index < -0.39 is 147 Å². The number of carbonyl (C=O) groups is 2. The van der Waals surface area contributed by atoms with Crippen molar-refractivity contribution in [3.8, 4) is 40.2 Å². The Morgan fingerprint density at radius 1 is 0.526 bits per heavy atom. The molecule has 14 N–H and O–H groups in total. The van der Waals surface area contributed by atoms with E-state index in [2.05, 4.69) is 0 Å². The molecule has 0 radical (unpaired) electrons. The Morgan fingerprint density at radius 3 is 1.62 bits per heavy atom. The van der Waals surface area contributed by atoms with Crippen LogP contribution in [0, 0.1) is 0 Å². The first-order chi connectivity index (χ1) is 36.3. The Balaban J connectivity index is 1.11. The third-order valence-corrected chi connectivity index (χ3v) is 12.5. The van der Waals surface area contributed by atoms with Gasteiger partial charge in [-0.15, -0.1) is 0 Å². The number of ether oxygens (including phenoxy) is 9. The van der Waals surface area contributed by atoms with E-state index in [1.165, 1.54) is 72.8 Å². The fraction of sp³-hybridized carbons (Fsp3) is 0.373. The number of aromatic hydroxyl groups is 5. The molecule has 16 atom stereocenters. The smallest absolute Gasteiger partial charge is 0.330 e. The van der Waals surface area contributed by atoms with Gasteiger partial charge in [0.05, 0.1) is 12.2 Å². The van der Waals surface area contributed by atoms with Crippen molar-refractivity contribution < 1.29 is 124 Å². The molecule has 408 valence electrons. The maximum Gasteiger partial charge on any atom is 0.330 e. The van der Waals surface area contributed by atoms with Gasteiger partial charge in [0.15, 0.2) is 30.0 Å². The second-order valence-electron chi connectivity index (χ2n) is 17.8. The summed E-state index contributed by atoms with van der Waals surface area (Å²) in [6.45, 7) is -2.32. The molecule has 0 amide bonds. The number of carbonyl (C=O) groups excluding carboxylic acids is 2. The molecule has 0 bridgehead atoms. The van der Waals surface area contributed by atoms with E-state index in [1.54, 1.807) is 0 Å². The normalized spacial score (nSPS) is 31.5. The van der Waals surface area contributed by atoms with Gasteiger partial charge in [0.25, 0.3) is 0 Å². The lowest BCUT2D eigenvalue weighted by molar-refractivity contribution is -0.364. The fourth-order valence-corrected chi connectivity index (χ4v) is 8.31. The van der Waals surface area contributed by atoms with Crippen molar-refractivity contribution in [2.45, 2.75) is 98.2 Å². The van der Waals surface area contributed by atoms with Crippen LogP contribution in [0.25, 0.3) is 18.2 Å². The molecule has 76 heavy (non-hydrogen) atoms. The summed E-state index contributed by atoms with van der Waals surface area (Å²) in [5, 5.41) is 149. The zero-order valence-electron chi connectivity index (χ0n) is 39.5. The molecule has 4 aromatic carbocycles. The lowest BCUT2D eigenvalue weighted by atomic mass is 9.97. The molecule has 4 aromatic rings. The van der Waals surface area contributed by atoms with E-state index in [1.807, 2.05) is 0 Å². The molecule has 0 aliphatic carbocycles. The number of fused-ring (bicyclic) bond motifs is 1. The van der Waals surface area contributed by atoms with Gasteiger partial charge >= 0.3 is 11.9 Å².